The standard InChI is InChI=1S/C29H39NO3/c1-22(2)26-11-12-28-27(20-26)19-24-8-5-9-25(18-24)21-30(14-15-32-16-17-33-28)29(31)13-10-23-6-3-4-7-23/h5,8-9,11-12,18,20,22-23H,3-4,6-7,10,13-17,19,21H2,1-2H3. The zero-order chi connectivity index (χ0) is 23.0. The lowest BCUT2D eigenvalue weighted by molar-refractivity contribution is -0.133. The van der Waals surface area contributed by atoms with Gasteiger partial charge in [-0.2, -0.15) is 0 Å². The maximum absolute atomic E-state index is 13.1. The van der Waals surface area contributed by atoms with Crippen molar-refractivity contribution in [3.8, 4) is 5.75 Å². The van der Waals surface area contributed by atoms with Crippen LogP contribution in [0.4, 0.5) is 0 Å². The highest BCUT2D eigenvalue weighted by Gasteiger charge is 2.20. The average Bonchev–Trinajstić information content (AvgIpc) is 3.33. The Morgan fingerprint density at radius 2 is 1.85 bits per heavy atom. The predicted octanol–water partition coefficient (Wildman–Crippen LogP) is 6.11. The largest absolute Gasteiger partial charge is 0.491 e. The summed E-state index contributed by atoms with van der Waals surface area (Å²) >= 11 is 0. The third-order valence-electron chi connectivity index (χ3n) is 7.10. The monoisotopic (exact) mass is 449 g/mol. The van der Waals surface area contributed by atoms with E-state index in [0.29, 0.717) is 45.2 Å². The minimum Gasteiger partial charge on any atom is -0.491 e. The molecule has 2 aliphatic rings. The first-order chi connectivity index (χ1) is 16.1. The fourth-order valence-corrected chi connectivity index (χ4v) is 5.08. The normalized spacial score (nSPS) is 18.0. The van der Waals surface area contributed by atoms with Crippen LogP contribution in [0.25, 0.3) is 0 Å². The van der Waals surface area contributed by atoms with Crippen molar-refractivity contribution >= 4 is 5.91 Å². The quantitative estimate of drug-likeness (QED) is 0.565. The molecule has 2 bridgehead atoms. The second kappa shape index (κ2) is 11.7. The van der Waals surface area contributed by atoms with E-state index in [1.54, 1.807) is 0 Å². The lowest BCUT2D eigenvalue weighted by Crippen LogP contribution is -2.34. The van der Waals surface area contributed by atoms with Crippen LogP contribution >= 0.6 is 0 Å². The van der Waals surface area contributed by atoms with Crippen molar-refractivity contribution in [3.63, 3.8) is 0 Å². The summed E-state index contributed by atoms with van der Waals surface area (Å²) in [5.41, 5.74) is 4.97. The van der Waals surface area contributed by atoms with Gasteiger partial charge in [0.1, 0.15) is 12.4 Å². The summed E-state index contributed by atoms with van der Waals surface area (Å²) in [5, 5.41) is 0. The number of carbonyl (C=O) groups is 1. The SMILES string of the molecule is CC(C)c1ccc2c(c1)Cc1cccc(c1)CN(C(=O)CCC1CCCC1)CCOCCO2. The molecule has 0 N–H and O–H groups in total. The van der Waals surface area contributed by atoms with Crippen LogP contribution in [0, 0.1) is 5.92 Å². The van der Waals surface area contributed by atoms with Gasteiger partial charge < -0.3 is 14.4 Å². The molecule has 2 aromatic rings. The summed E-state index contributed by atoms with van der Waals surface area (Å²) in [6.07, 6.45) is 7.73. The van der Waals surface area contributed by atoms with Gasteiger partial charge in [0.15, 0.2) is 0 Å². The highest BCUT2D eigenvalue weighted by Crippen LogP contribution is 2.29. The number of hydrogen-bond acceptors (Lipinski definition) is 3. The topological polar surface area (TPSA) is 38.8 Å². The molecule has 1 heterocycles. The summed E-state index contributed by atoms with van der Waals surface area (Å²) in [6, 6.07) is 15.2. The lowest BCUT2D eigenvalue weighted by Gasteiger charge is -2.24. The molecule has 1 amide bonds. The summed E-state index contributed by atoms with van der Waals surface area (Å²) in [5.74, 6) is 2.41. The molecule has 0 spiro atoms. The van der Waals surface area contributed by atoms with Gasteiger partial charge in [-0.05, 0) is 46.6 Å². The number of hydrogen-bond donors (Lipinski definition) is 0. The van der Waals surface area contributed by atoms with E-state index in [0.717, 1.165) is 24.5 Å². The van der Waals surface area contributed by atoms with Gasteiger partial charge in [-0.25, -0.2) is 0 Å². The summed E-state index contributed by atoms with van der Waals surface area (Å²) in [4.78, 5) is 15.1. The van der Waals surface area contributed by atoms with Gasteiger partial charge >= 0.3 is 0 Å². The van der Waals surface area contributed by atoms with Crippen LogP contribution in [0.2, 0.25) is 0 Å². The highest BCUT2D eigenvalue weighted by molar-refractivity contribution is 5.76. The number of fused-ring (bicyclic) bond motifs is 3. The minimum absolute atomic E-state index is 0.256. The number of amides is 1. The minimum atomic E-state index is 0.256. The molecule has 0 aromatic heterocycles. The number of nitrogens with zero attached hydrogens (tertiary/aromatic N) is 1. The third kappa shape index (κ3) is 6.83. The Bertz CT molecular complexity index is 917. The molecule has 1 aliphatic carbocycles. The van der Waals surface area contributed by atoms with Crippen molar-refractivity contribution in [2.24, 2.45) is 5.92 Å². The Balaban J connectivity index is 1.52. The van der Waals surface area contributed by atoms with E-state index in [1.807, 2.05) is 4.90 Å². The van der Waals surface area contributed by atoms with Crippen molar-refractivity contribution < 1.29 is 14.3 Å². The van der Waals surface area contributed by atoms with Gasteiger partial charge in [0, 0.05) is 25.9 Å². The molecule has 1 aliphatic heterocycles. The number of ether oxygens (including phenoxy) is 2. The van der Waals surface area contributed by atoms with Crippen molar-refractivity contribution in [3.05, 3.63) is 64.7 Å². The summed E-state index contributed by atoms with van der Waals surface area (Å²) < 4.78 is 12.0. The number of rotatable bonds is 4. The fourth-order valence-electron chi connectivity index (χ4n) is 5.08. The van der Waals surface area contributed by atoms with E-state index >= 15 is 0 Å². The van der Waals surface area contributed by atoms with Gasteiger partial charge in [-0.15, -0.1) is 0 Å². The Morgan fingerprint density at radius 1 is 1.03 bits per heavy atom. The molecule has 178 valence electrons. The van der Waals surface area contributed by atoms with Crippen LogP contribution in [-0.4, -0.2) is 37.2 Å². The molecule has 0 radical (unpaired) electrons. The van der Waals surface area contributed by atoms with E-state index in [-0.39, 0.29) is 5.91 Å². The lowest BCUT2D eigenvalue weighted by atomic mass is 9.96. The van der Waals surface area contributed by atoms with Crippen molar-refractivity contribution in [1.29, 1.82) is 0 Å². The summed E-state index contributed by atoms with van der Waals surface area (Å²) in [7, 11) is 0. The zero-order valence-corrected chi connectivity index (χ0v) is 20.4. The van der Waals surface area contributed by atoms with Gasteiger partial charge in [-0.3, -0.25) is 4.79 Å². The van der Waals surface area contributed by atoms with Crippen LogP contribution < -0.4 is 4.74 Å². The molecule has 33 heavy (non-hydrogen) atoms. The second-order valence-electron chi connectivity index (χ2n) is 9.98. The first kappa shape index (κ1) is 23.8. The van der Waals surface area contributed by atoms with E-state index in [9.17, 15) is 4.79 Å². The molecule has 4 nitrogen and oxygen atoms in total. The molecular weight excluding hydrogens is 410 g/mol. The zero-order valence-electron chi connectivity index (χ0n) is 20.4. The third-order valence-corrected chi connectivity index (χ3v) is 7.10. The van der Waals surface area contributed by atoms with E-state index in [4.69, 9.17) is 9.47 Å². The highest BCUT2D eigenvalue weighted by atomic mass is 16.5. The Hall–Kier alpha value is -2.33. The van der Waals surface area contributed by atoms with Crippen LogP contribution in [-0.2, 0) is 22.5 Å². The molecule has 1 saturated carbocycles. The van der Waals surface area contributed by atoms with E-state index < -0.39 is 0 Å². The van der Waals surface area contributed by atoms with Crippen molar-refractivity contribution in [2.45, 2.75) is 71.3 Å². The maximum atomic E-state index is 13.1. The van der Waals surface area contributed by atoms with Gasteiger partial charge in [0.05, 0.1) is 13.2 Å². The molecular formula is C29H39NO3. The van der Waals surface area contributed by atoms with Crippen LogP contribution in [0.15, 0.2) is 42.5 Å². The number of benzene rings is 2. The smallest absolute Gasteiger partial charge is 0.222 e. The predicted molar refractivity (Wildman–Crippen MR) is 133 cm³/mol. The molecule has 2 aromatic carbocycles. The van der Waals surface area contributed by atoms with E-state index in [1.165, 1.54) is 47.9 Å². The Labute approximate surface area is 199 Å². The maximum Gasteiger partial charge on any atom is 0.222 e. The van der Waals surface area contributed by atoms with Gasteiger partial charge in [0.25, 0.3) is 0 Å². The first-order valence-electron chi connectivity index (χ1n) is 12.8. The first-order valence-corrected chi connectivity index (χ1v) is 12.8. The Morgan fingerprint density at radius 3 is 2.67 bits per heavy atom. The van der Waals surface area contributed by atoms with Gasteiger partial charge in [0.2, 0.25) is 5.91 Å². The summed E-state index contributed by atoms with van der Waals surface area (Å²) in [6.45, 7) is 7.30. The molecule has 4 heteroatoms. The molecule has 0 saturated heterocycles. The van der Waals surface area contributed by atoms with Crippen molar-refractivity contribution in [2.75, 3.05) is 26.4 Å². The van der Waals surface area contributed by atoms with E-state index in [2.05, 4.69) is 56.3 Å². The molecule has 0 atom stereocenters. The Kier molecular flexibility index (Phi) is 8.44. The molecule has 4 rings (SSSR count). The molecule has 1 fully saturated rings. The molecule has 0 unspecified atom stereocenters. The number of carbonyl (C=O) groups excluding carboxylic acids is 1. The van der Waals surface area contributed by atoms with Crippen LogP contribution in [0.3, 0.4) is 0 Å². The van der Waals surface area contributed by atoms with Gasteiger partial charge in [-0.1, -0.05) is 75.9 Å². The average molecular weight is 450 g/mol. The van der Waals surface area contributed by atoms with Crippen LogP contribution in [0.1, 0.15) is 80.5 Å². The van der Waals surface area contributed by atoms with Crippen molar-refractivity contribution in [1.82, 2.24) is 4.90 Å². The van der Waals surface area contributed by atoms with Crippen LogP contribution in [0.5, 0.6) is 5.75 Å². The fraction of sp³-hybridized carbons (Fsp3) is 0.552. The second-order valence-corrected chi connectivity index (χ2v) is 9.98.